The van der Waals surface area contributed by atoms with Crippen molar-refractivity contribution in [3.63, 3.8) is 0 Å². The number of non-ortho nitro benzene ring substituents is 1. The Kier molecular flexibility index (Phi) is 4.85. The number of amides is 1. The zero-order chi connectivity index (χ0) is 14.6. The highest BCUT2D eigenvalue weighted by Crippen LogP contribution is 2.22. The predicted octanol–water partition coefficient (Wildman–Crippen LogP) is 1.64. The van der Waals surface area contributed by atoms with Crippen LogP contribution in [-0.4, -0.2) is 22.9 Å². The number of carbonyl (C=O) groups excluding carboxylic acids is 1. The molecule has 1 rings (SSSR count). The first-order valence-corrected chi connectivity index (χ1v) is 6.07. The molecular weight excluding hydrogens is 270 g/mol. The van der Waals surface area contributed by atoms with Crippen molar-refractivity contribution >= 4 is 23.2 Å². The van der Waals surface area contributed by atoms with Gasteiger partial charge in [-0.1, -0.05) is 17.7 Å². The number of benzene rings is 1. The average Bonchev–Trinajstić information content (AvgIpc) is 2.30. The van der Waals surface area contributed by atoms with Crippen LogP contribution in [0.3, 0.4) is 0 Å². The van der Waals surface area contributed by atoms with Crippen LogP contribution >= 0.6 is 11.6 Å². The fourth-order valence-corrected chi connectivity index (χ4v) is 1.68. The zero-order valence-corrected chi connectivity index (χ0v) is 11.5. The molecule has 0 atom stereocenters. The van der Waals surface area contributed by atoms with Gasteiger partial charge in [0.1, 0.15) is 0 Å². The summed E-state index contributed by atoms with van der Waals surface area (Å²) < 4.78 is 0. The Labute approximate surface area is 116 Å². The molecule has 0 fully saturated rings. The number of hydrogen-bond donors (Lipinski definition) is 2. The maximum atomic E-state index is 11.8. The van der Waals surface area contributed by atoms with E-state index in [1.807, 2.05) is 13.8 Å². The van der Waals surface area contributed by atoms with Crippen molar-refractivity contribution in [3.8, 4) is 0 Å². The van der Waals surface area contributed by atoms with Crippen molar-refractivity contribution in [3.05, 3.63) is 38.9 Å². The number of halogens is 1. The molecular formula is C12H16ClN3O3. The van der Waals surface area contributed by atoms with Gasteiger partial charge in [0, 0.05) is 24.2 Å². The van der Waals surface area contributed by atoms with E-state index in [0.29, 0.717) is 12.1 Å². The van der Waals surface area contributed by atoms with Crippen LogP contribution in [0.4, 0.5) is 5.69 Å². The average molecular weight is 286 g/mol. The van der Waals surface area contributed by atoms with E-state index in [2.05, 4.69) is 5.32 Å². The van der Waals surface area contributed by atoms with E-state index in [0.717, 1.165) is 0 Å². The number of nitro benzene ring substituents is 1. The van der Waals surface area contributed by atoms with Gasteiger partial charge in [0.05, 0.1) is 16.4 Å². The first-order valence-electron chi connectivity index (χ1n) is 5.69. The fourth-order valence-electron chi connectivity index (χ4n) is 1.44. The van der Waals surface area contributed by atoms with Crippen molar-refractivity contribution in [2.75, 3.05) is 6.54 Å². The van der Waals surface area contributed by atoms with E-state index in [4.69, 9.17) is 17.3 Å². The van der Waals surface area contributed by atoms with E-state index >= 15 is 0 Å². The highest BCUT2D eigenvalue weighted by Gasteiger charge is 2.19. The summed E-state index contributed by atoms with van der Waals surface area (Å²) in [5, 5.41) is 13.5. The Hall–Kier alpha value is -1.66. The van der Waals surface area contributed by atoms with Crippen molar-refractivity contribution < 1.29 is 9.72 Å². The Morgan fingerprint density at radius 3 is 2.63 bits per heavy atom. The Bertz CT molecular complexity index is 503. The Morgan fingerprint density at radius 1 is 1.53 bits per heavy atom. The molecule has 0 aromatic heterocycles. The second kappa shape index (κ2) is 5.99. The molecule has 0 spiro atoms. The first kappa shape index (κ1) is 15.4. The van der Waals surface area contributed by atoms with Crippen LogP contribution in [0.2, 0.25) is 5.02 Å². The molecule has 0 unspecified atom stereocenters. The standard InChI is InChI=1S/C12H16ClN3O3/c1-12(2,7-14)15-11(17)5-8-3-4-9(16(18)19)6-10(8)13/h3-4,6H,5,7,14H2,1-2H3,(H,15,17). The number of hydrogen-bond acceptors (Lipinski definition) is 4. The van der Waals surface area contributed by atoms with Gasteiger partial charge in [0.15, 0.2) is 0 Å². The van der Waals surface area contributed by atoms with E-state index in [-0.39, 0.29) is 23.0 Å². The summed E-state index contributed by atoms with van der Waals surface area (Å²) in [6, 6.07) is 4.04. The molecule has 0 aliphatic heterocycles. The molecule has 3 N–H and O–H groups in total. The molecule has 19 heavy (non-hydrogen) atoms. The van der Waals surface area contributed by atoms with Gasteiger partial charge in [-0.2, -0.15) is 0 Å². The quantitative estimate of drug-likeness (QED) is 0.635. The Balaban J connectivity index is 2.78. The van der Waals surface area contributed by atoms with Crippen LogP contribution in [-0.2, 0) is 11.2 Å². The van der Waals surface area contributed by atoms with Crippen LogP contribution in [0.25, 0.3) is 0 Å². The van der Waals surface area contributed by atoms with E-state index < -0.39 is 10.5 Å². The largest absolute Gasteiger partial charge is 0.350 e. The maximum absolute atomic E-state index is 11.8. The van der Waals surface area contributed by atoms with Gasteiger partial charge in [0.2, 0.25) is 5.91 Å². The molecule has 0 radical (unpaired) electrons. The summed E-state index contributed by atoms with van der Waals surface area (Å²) in [6.45, 7) is 3.93. The highest BCUT2D eigenvalue weighted by atomic mass is 35.5. The molecule has 0 saturated heterocycles. The van der Waals surface area contributed by atoms with E-state index in [1.54, 1.807) is 0 Å². The van der Waals surface area contributed by atoms with Crippen LogP contribution < -0.4 is 11.1 Å². The number of nitrogens with one attached hydrogen (secondary N) is 1. The van der Waals surface area contributed by atoms with Gasteiger partial charge in [0.25, 0.3) is 5.69 Å². The molecule has 1 aromatic rings. The van der Waals surface area contributed by atoms with Gasteiger partial charge >= 0.3 is 0 Å². The number of nitro groups is 1. The van der Waals surface area contributed by atoms with E-state index in [1.165, 1.54) is 18.2 Å². The SMILES string of the molecule is CC(C)(CN)NC(=O)Cc1ccc([N+](=O)[O-])cc1Cl. The lowest BCUT2D eigenvalue weighted by Crippen LogP contribution is -2.49. The van der Waals surface area contributed by atoms with Gasteiger partial charge in [-0.05, 0) is 19.4 Å². The molecule has 6 nitrogen and oxygen atoms in total. The maximum Gasteiger partial charge on any atom is 0.270 e. The van der Waals surface area contributed by atoms with Crippen molar-refractivity contribution in [2.45, 2.75) is 25.8 Å². The molecule has 104 valence electrons. The van der Waals surface area contributed by atoms with Crippen molar-refractivity contribution in [2.24, 2.45) is 5.73 Å². The monoisotopic (exact) mass is 285 g/mol. The zero-order valence-electron chi connectivity index (χ0n) is 10.8. The van der Waals surface area contributed by atoms with Crippen LogP contribution in [0.1, 0.15) is 19.4 Å². The van der Waals surface area contributed by atoms with Crippen LogP contribution in [0.5, 0.6) is 0 Å². The number of carbonyl (C=O) groups is 1. The number of nitrogens with zero attached hydrogens (tertiary/aromatic N) is 1. The first-order chi connectivity index (χ1) is 8.75. The highest BCUT2D eigenvalue weighted by molar-refractivity contribution is 6.31. The third-order valence-electron chi connectivity index (χ3n) is 2.59. The molecule has 1 amide bonds. The normalized spacial score (nSPS) is 11.2. The summed E-state index contributed by atoms with van der Waals surface area (Å²) >= 11 is 5.91. The summed E-state index contributed by atoms with van der Waals surface area (Å²) in [5.41, 5.74) is 5.46. The molecule has 0 bridgehead atoms. The lowest BCUT2D eigenvalue weighted by atomic mass is 10.0. The lowest BCUT2D eigenvalue weighted by molar-refractivity contribution is -0.384. The lowest BCUT2D eigenvalue weighted by Gasteiger charge is -2.24. The van der Waals surface area contributed by atoms with Gasteiger partial charge < -0.3 is 11.1 Å². The second-order valence-corrected chi connectivity index (χ2v) is 5.25. The van der Waals surface area contributed by atoms with Gasteiger partial charge in [-0.15, -0.1) is 0 Å². The summed E-state index contributed by atoms with van der Waals surface area (Å²) in [5.74, 6) is -0.230. The van der Waals surface area contributed by atoms with Crippen LogP contribution in [0, 0.1) is 10.1 Å². The smallest absolute Gasteiger partial charge is 0.270 e. The fraction of sp³-hybridized carbons (Fsp3) is 0.417. The molecule has 7 heteroatoms. The van der Waals surface area contributed by atoms with Crippen LogP contribution in [0.15, 0.2) is 18.2 Å². The topological polar surface area (TPSA) is 98.3 Å². The molecule has 0 heterocycles. The minimum atomic E-state index is -0.534. The molecule has 0 aliphatic carbocycles. The third-order valence-corrected chi connectivity index (χ3v) is 2.94. The molecule has 0 saturated carbocycles. The van der Waals surface area contributed by atoms with Gasteiger partial charge in [-0.3, -0.25) is 14.9 Å². The summed E-state index contributed by atoms with van der Waals surface area (Å²) in [4.78, 5) is 21.8. The molecule has 1 aromatic carbocycles. The van der Waals surface area contributed by atoms with E-state index in [9.17, 15) is 14.9 Å². The third kappa shape index (κ3) is 4.50. The Morgan fingerprint density at radius 2 is 2.16 bits per heavy atom. The van der Waals surface area contributed by atoms with Gasteiger partial charge in [-0.25, -0.2) is 0 Å². The summed E-state index contributed by atoms with van der Waals surface area (Å²) in [7, 11) is 0. The second-order valence-electron chi connectivity index (χ2n) is 4.85. The predicted molar refractivity (Wildman–Crippen MR) is 73.1 cm³/mol. The number of nitrogens with two attached hydrogens (primary N) is 1. The molecule has 0 aliphatic rings. The minimum absolute atomic E-state index is 0.0558. The minimum Gasteiger partial charge on any atom is -0.350 e. The van der Waals surface area contributed by atoms with Crippen molar-refractivity contribution in [1.29, 1.82) is 0 Å². The number of rotatable bonds is 5. The van der Waals surface area contributed by atoms with Crippen molar-refractivity contribution in [1.82, 2.24) is 5.32 Å². The summed E-state index contributed by atoms with van der Waals surface area (Å²) in [6.07, 6.45) is 0.0558.